The maximum atomic E-state index is 11.5. The molecule has 0 aromatic heterocycles. The number of rotatable bonds is 6. The summed E-state index contributed by atoms with van der Waals surface area (Å²) in [6.07, 6.45) is 0. The first-order valence-corrected chi connectivity index (χ1v) is 6.07. The van der Waals surface area contributed by atoms with Crippen molar-refractivity contribution in [3.05, 3.63) is 0 Å². The van der Waals surface area contributed by atoms with Gasteiger partial charge in [-0.2, -0.15) is 17.4 Å². The maximum Gasteiger partial charge on any atom is 0.307 e. The zero-order valence-electron chi connectivity index (χ0n) is 9.39. The lowest BCUT2D eigenvalue weighted by atomic mass is 10.2. The fraction of sp³-hybridized carbons (Fsp3) is 0.875. The summed E-state index contributed by atoms with van der Waals surface area (Å²) in [4.78, 5) is 10.5. The van der Waals surface area contributed by atoms with Gasteiger partial charge in [-0.1, -0.05) is 6.92 Å². The molecule has 0 aliphatic heterocycles. The van der Waals surface area contributed by atoms with Crippen molar-refractivity contribution in [3.63, 3.8) is 0 Å². The molecule has 7 heteroatoms. The van der Waals surface area contributed by atoms with Crippen LogP contribution in [0.5, 0.6) is 0 Å². The number of hydrogen-bond donors (Lipinski definition) is 2. The topological polar surface area (TPSA) is 86.7 Å². The van der Waals surface area contributed by atoms with E-state index in [-0.39, 0.29) is 12.6 Å². The molecule has 0 radical (unpaired) electrons. The Kier molecular flexibility index (Phi) is 5.19. The monoisotopic (exact) mass is 238 g/mol. The van der Waals surface area contributed by atoms with Crippen LogP contribution in [0, 0.1) is 5.92 Å². The highest BCUT2D eigenvalue weighted by Gasteiger charge is 2.23. The zero-order chi connectivity index (χ0) is 12.2. The fourth-order valence-electron chi connectivity index (χ4n) is 0.950. The molecule has 0 bridgehead atoms. The molecular formula is C8H18N2O4S. The summed E-state index contributed by atoms with van der Waals surface area (Å²) in [6.45, 7) is 4.82. The molecule has 1 atom stereocenters. The Bertz CT molecular complexity index is 313. The zero-order valence-corrected chi connectivity index (χ0v) is 10.2. The molecule has 0 saturated carbocycles. The number of nitrogens with zero attached hydrogens (tertiary/aromatic N) is 1. The van der Waals surface area contributed by atoms with Crippen LogP contribution in [0.25, 0.3) is 0 Å². The van der Waals surface area contributed by atoms with Gasteiger partial charge in [-0.25, -0.2) is 0 Å². The molecule has 0 spiro atoms. The molecule has 0 aliphatic rings. The minimum absolute atomic E-state index is 0.0443. The highest BCUT2D eigenvalue weighted by atomic mass is 32.2. The Morgan fingerprint density at radius 2 is 1.87 bits per heavy atom. The molecule has 0 aromatic carbocycles. The van der Waals surface area contributed by atoms with Crippen LogP contribution in [0.1, 0.15) is 20.8 Å². The van der Waals surface area contributed by atoms with Gasteiger partial charge < -0.3 is 5.11 Å². The number of hydrogen-bond acceptors (Lipinski definition) is 3. The number of carboxylic acid groups (broad SMARTS) is 1. The average Bonchev–Trinajstić information content (AvgIpc) is 2.01. The summed E-state index contributed by atoms with van der Waals surface area (Å²) >= 11 is 0. The van der Waals surface area contributed by atoms with Crippen LogP contribution in [-0.2, 0) is 15.0 Å². The summed E-state index contributed by atoms with van der Waals surface area (Å²) in [5, 5.41) is 8.64. The van der Waals surface area contributed by atoms with Gasteiger partial charge in [0, 0.05) is 19.6 Å². The lowest BCUT2D eigenvalue weighted by Gasteiger charge is -2.20. The van der Waals surface area contributed by atoms with Crippen LogP contribution in [-0.4, -0.2) is 43.4 Å². The van der Waals surface area contributed by atoms with Crippen LogP contribution in [0.3, 0.4) is 0 Å². The Labute approximate surface area is 90.5 Å². The van der Waals surface area contributed by atoms with E-state index in [2.05, 4.69) is 4.72 Å². The highest BCUT2D eigenvalue weighted by molar-refractivity contribution is 7.87. The third kappa shape index (κ3) is 5.10. The second-order valence-corrected chi connectivity index (χ2v) is 5.61. The van der Waals surface area contributed by atoms with Gasteiger partial charge in [0.1, 0.15) is 0 Å². The minimum Gasteiger partial charge on any atom is -0.481 e. The standard InChI is InChI=1S/C8H18N2O4S/c1-6(2)9-15(13,14)10(4)5-7(3)8(11)12/h6-7,9H,5H2,1-4H3,(H,11,12). The van der Waals surface area contributed by atoms with Crippen LogP contribution >= 0.6 is 0 Å². The normalized spacial score (nSPS) is 14.5. The molecule has 0 aliphatic carbocycles. The Morgan fingerprint density at radius 3 is 2.20 bits per heavy atom. The third-order valence-electron chi connectivity index (χ3n) is 1.75. The van der Waals surface area contributed by atoms with Gasteiger partial charge in [0.05, 0.1) is 5.92 Å². The summed E-state index contributed by atoms with van der Waals surface area (Å²) in [7, 11) is -2.22. The molecule has 90 valence electrons. The second-order valence-electron chi connectivity index (χ2n) is 3.80. The Balaban J connectivity index is 4.44. The van der Waals surface area contributed by atoms with Crippen molar-refractivity contribution in [2.24, 2.45) is 5.92 Å². The van der Waals surface area contributed by atoms with Gasteiger partial charge in [-0.3, -0.25) is 4.79 Å². The predicted octanol–water partition coefficient (Wildman–Crippen LogP) is -0.118. The first-order valence-electron chi connectivity index (χ1n) is 4.63. The lowest BCUT2D eigenvalue weighted by Crippen LogP contribution is -2.43. The van der Waals surface area contributed by atoms with Crippen molar-refractivity contribution < 1.29 is 18.3 Å². The highest BCUT2D eigenvalue weighted by Crippen LogP contribution is 2.02. The van der Waals surface area contributed by atoms with Crippen molar-refractivity contribution in [1.29, 1.82) is 0 Å². The second kappa shape index (κ2) is 5.43. The molecule has 0 fully saturated rings. The van der Waals surface area contributed by atoms with Gasteiger partial charge in [0.15, 0.2) is 0 Å². The molecule has 6 nitrogen and oxygen atoms in total. The molecule has 0 amide bonds. The van der Waals surface area contributed by atoms with Gasteiger partial charge in [0.2, 0.25) is 0 Å². The van der Waals surface area contributed by atoms with E-state index < -0.39 is 22.1 Å². The van der Waals surface area contributed by atoms with Crippen molar-refractivity contribution in [2.45, 2.75) is 26.8 Å². The molecular weight excluding hydrogens is 220 g/mol. The Morgan fingerprint density at radius 1 is 1.40 bits per heavy atom. The largest absolute Gasteiger partial charge is 0.481 e. The van der Waals surface area contributed by atoms with Crippen LogP contribution in [0.4, 0.5) is 0 Å². The third-order valence-corrected chi connectivity index (χ3v) is 3.49. The van der Waals surface area contributed by atoms with Crippen molar-refractivity contribution in [2.75, 3.05) is 13.6 Å². The molecule has 0 rings (SSSR count). The van der Waals surface area contributed by atoms with E-state index in [1.54, 1.807) is 13.8 Å². The van der Waals surface area contributed by atoms with Crippen LogP contribution in [0.2, 0.25) is 0 Å². The minimum atomic E-state index is -3.57. The fourth-order valence-corrected chi connectivity index (χ4v) is 2.15. The smallest absolute Gasteiger partial charge is 0.307 e. The van der Waals surface area contributed by atoms with Gasteiger partial charge in [-0.05, 0) is 13.8 Å². The summed E-state index contributed by atoms with van der Waals surface area (Å²) in [5.74, 6) is -1.74. The SMILES string of the molecule is CC(C)NS(=O)(=O)N(C)CC(C)C(=O)O. The lowest BCUT2D eigenvalue weighted by molar-refractivity contribution is -0.141. The van der Waals surface area contributed by atoms with Crippen molar-refractivity contribution >= 4 is 16.2 Å². The number of aliphatic carboxylic acids is 1. The van der Waals surface area contributed by atoms with Crippen LogP contribution < -0.4 is 4.72 Å². The number of nitrogens with one attached hydrogen (secondary N) is 1. The van der Waals surface area contributed by atoms with Crippen molar-refractivity contribution in [1.82, 2.24) is 9.03 Å². The van der Waals surface area contributed by atoms with Gasteiger partial charge >= 0.3 is 5.97 Å². The summed E-state index contributed by atoms with van der Waals surface area (Å²) < 4.78 is 26.4. The molecule has 0 heterocycles. The van der Waals surface area contributed by atoms with E-state index in [1.165, 1.54) is 14.0 Å². The van der Waals surface area contributed by atoms with Crippen molar-refractivity contribution in [3.8, 4) is 0 Å². The molecule has 0 aromatic rings. The maximum absolute atomic E-state index is 11.5. The first kappa shape index (κ1) is 14.3. The van der Waals surface area contributed by atoms with E-state index in [0.717, 1.165) is 4.31 Å². The first-order chi connectivity index (χ1) is 6.66. The Hall–Kier alpha value is -0.660. The van der Waals surface area contributed by atoms with E-state index >= 15 is 0 Å². The van der Waals surface area contributed by atoms with E-state index in [1.807, 2.05) is 0 Å². The van der Waals surface area contributed by atoms with Gasteiger partial charge in [0.25, 0.3) is 10.2 Å². The van der Waals surface area contributed by atoms with E-state index in [9.17, 15) is 13.2 Å². The predicted molar refractivity (Wildman–Crippen MR) is 56.6 cm³/mol. The average molecular weight is 238 g/mol. The van der Waals surface area contributed by atoms with E-state index in [0.29, 0.717) is 0 Å². The number of carboxylic acids is 1. The summed E-state index contributed by atoms with van der Waals surface area (Å²) in [6, 6.07) is -0.211. The molecule has 0 saturated heterocycles. The molecule has 1 unspecified atom stereocenters. The molecule has 15 heavy (non-hydrogen) atoms. The van der Waals surface area contributed by atoms with E-state index in [4.69, 9.17) is 5.11 Å². The molecule has 2 N–H and O–H groups in total. The number of carbonyl (C=O) groups is 1. The van der Waals surface area contributed by atoms with Crippen LogP contribution in [0.15, 0.2) is 0 Å². The quantitative estimate of drug-likeness (QED) is 0.675. The van der Waals surface area contributed by atoms with Gasteiger partial charge in [-0.15, -0.1) is 0 Å². The summed E-state index contributed by atoms with van der Waals surface area (Å²) in [5.41, 5.74) is 0.